The van der Waals surface area contributed by atoms with E-state index in [9.17, 15) is 4.79 Å². The van der Waals surface area contributed by atoms with Crippen molar-refractivity contribution in [3.05, 3.63) is 17.5 Å². The van der Waals surface area contributed by atoms with Crippen molar-refractivity contribution >= 4 is 30.5 Å². The molecule has 2 aromatic rings. The SMILES string of the molecule is CCOCc1nc([Si](C)(C)C)nc2[nH]cc(C(N)=O)c12. The number of hydrogen-bond acceptors (Lipinski definition) is 4. The molecule has 0 atom stereocenters. The third-order valence-electron chi connectivity index (χ3n) is 2.99. The van der Waals surface area contributed by atoms with Crippen LogP contribution in [0.3, 0.4) is 0 Å². The van der Waals surface area contributed by atoms with Crippen molar-refractivity contribution in [3.8, 4) is 0 Å². The normalized spacial score (nSPS) is 12.0. The van der Waals surface area contributed by atoms with Crippen molar-refractivity contribution in [1.29, 1.82) is 0 Å². The average molecular weight is 292 g/mol. The van der Waals surface area contributed by atoms with E-state index in [1.54, 1.807) is 6.20 Å². The molecule has 0 aliphatic carbocycles. The molecule has 1 amide bonds. The lowest BCUT2D eigenvalue weighted by Crippen LogP contribution is -2.43. The number of nitrogens with two attached hydrogens (primary N) is 1. The number of rotatable bonds is 5. The molecule has 0 saturated heterocycles. The number of primary amides is 1. The van der Waals surface area contributed by atoms with Gasteiger partial charge in [-0.05, 0) is 6.92 Å². The maximum Gasteiger partial charge on any atom is 0.250 e. The van der Waals surface area contributed by atoms with Crippen molar-refractivity contribution in [3.63, 3.8) is 0 Å². The van der Waals surface area contributed by atoms with Crippen LogP contribution in [-0.2, 0) is 11.3 Å². The molecule has 6 nitrogen and oxygen atoms in total. The molecular weight excluding hydrogens is 272 g/mol. The lowest BCUT2D eigenvalue weighted by atomic mass is 10.2. The first-order valence-corrected chi connectivity index (χ1v) is 10.1. The number of nitrogens with one attached hydrogen (secondary N) is 1. The lowest BCUT2D eigenvalue weighted by Gasteiger charge is -2.15. The average Bonchev–Trinajstić information content (AvgIpc) is 2.78. The van der Waals surface area contributed by atoms with E-state index >= 15 is 0 Å². The molecule has 2 aromatic heterocycles. The maximum absolute atomic E-state index is 11.5. The molecule has 0 fully saturated rings. The molecule has 7 heteroatoms. The molecule has 3 N–H and O–H groups in total. The van der Waals surface area contributed by atoms with Crippen LogP contribution in [0, 0.1) is 0 Å². The van der Waals surface area contributed by atoms with Crippen LogP contribution in [0.25, 0.3) is 11.0 Å². The highest BCUT2D eigenvalue weighted by atomic mass is 28.3. The number of ether oxygens (including phenoxy) is 1. The second-order valence-electron chi connectivity index (χ2n) is 5.67. The molecular formula is C13H20N4O2Si. The van der Waals surface area contributed by atoms with E-state index in [-0.39, 0.29) is 0 Å². The summed E-state index contributed by atoms with van der Waals surface area (Å²) in [7, 11) is -1.65. The maximum atomic E-state index is 11.5. The van der Waals surface area contributed by atoms with Gasteiger partial charge in [0.1, 0.15) is 19.2 Å². The van der Waals surface area contributed by atoms with Crippen molar-refractivity contribution in [2.24, 2.45) is 5.73 Å². The van der Waals surface area contributed by atoms with Gasteiger partial charge in [-0.25, -0.2) is 9.97 Å². The van der Waals surface area contributed by atoms with Gasteiger partial charge < -0.3 is 15.5 Å². The van der Waals surface area contributed by atoms with E-state index in [2.05, 4.69) is 34.6 Å². The standard InChI is InChI=1S/C13H20N4O2Si/c1-5-19-7-9-10-8(11(14)18)6-15-12(10)17-13(16-9)20(2,3)4/h6H,5,7H2,1-4H3,(H2,14,18)(H,15,16,17). The molecule has 2 rings (SSSR count). The second kappa shape index (κ2) is 5.33. The first kappa shape index (κ1) is 14.7. The quantitative estimate of drug-likeness (QED) is 0.808. The minimum absolute atomic E-state index is 0.352. The number of amides is 1. The van der Waals surface area contributed by atoms with Crippen molar-refractivity contribution in [2.45, 2.75) is 33.2 Å². The summed E-state index contributed by atoms with van der Waals surface area (Å²) in [4.78, 5) is 23.7. The predicted octanol–water partition coefficient (Wildman–Crippen LogP) is 1.14. The Morgan fingerprint density at radius 3 is 2.65 bits per heavy atom. The summed E-state index contributed by atoms with van der Waals surface area (Å²) >= 11 is 0. The van der Waals surface area contributed by atoms with Crippen LogP contribution in [0.5, 0.6) is 0 Å². The topological polar surface area (TPSA) is 93.9 Å². The summed E-state index contributed by atoms with van der Waals surface area (Å²) in [6, 6.07) is 0. The lowest BCUT2D eigenvalue weighted by molar-refractivity contribution is 0.100. The summed E-state index contributed by atoms with van der Waals surface area (Å²) in [5, 5.41) is 0.674. The van der Waals surface area contributed by atoms with Crippen molar-refractivity contribution in [2.75, 3.05) is 6.61 Å². The number of fused-ring (bicyclic) bond motifs is 1. The van der Waals surface area contributed by atoms with Crippen LogP contribution < -0.4 is 11.2 Å². The summed E-state index contributed by atoms with van der Waals surface area (Å²) in [5.41, 5.74) is 8.04. The van der Waals surface area contributed by atoms with E-state index in [0.717, 1.165) is 11.1 Å². The first-order valence-electron chi connectivity index (χ1n) is 6.60. The van der Waals surface area contributed by atoms with Crippen molar-refractivity contribution in [1.82, 2.24) is 15.0 Å². The Kier molecular flexibility index (Phi) is 3.91. The van der Waals surface area contributed by atoms with Crippen LogP contribution in [-0.4, -0.2) is 35.5 Å². The van der Waals surface area contributed by atoms with Gasteiger partial charge in [0.15, 0.2) is 0 Å². The second-order valence-corrected chi connectivity index (χ2v) is 10.6. The van der Waals surface area contributed by atoms with Crippen LogP contribution >= 0.6 is 0 Å². The van der Waals surface area contributed by atoms with E-state index in [1.807, 2.05) is 6.92 Å². The number of H-pyrrole nitrogens is 1. The highest BCUT2D eigenvalue weighted by molar-refractivity contribution is 6.87. The van der Waals surface area contributed by atoms with Gasteiger partial charge >= 0.3 is 0 Å². The van der Waals surface area contributed by atoms with Gasteiger partial charge in [0.2, 0.25) is 0 Å². The Morgan fingerprint density at radius 2 is 2.10 bits per heavy atom. The van der Waals surface area contributed by atoms with Crippen LogP contribution in [0.15, 0.2) is 6.20 Å². The predicted molar refractivity (Wildman–Crippen MR) is 80.7 cm³/mol. The smallest absolute Gasteiger partial charge is 0.250 e. The Morgan fingerprint density at radius 1 is 1.40 bits per heavy atom. The van der Waals surface area contributed by atoms with Crippen LogP contribution in [0.1, 0.15) is 23.0 Å². The molecule has 0 aliphatic rings. The Balaban J connectivity index is 2.66. The zero-order chi connectivity index (χ0) is 14.9. The molecule has 0 radical (unpaired) electrons. The molecule has 0 saturated carbocycles. The number of aromatic amines is 1. The Labute approximate surface area is 118 Å². The number of carbonyl (C=O) groups is 1. The zero-order valence-electron chi connectivity index (χ0n) is 12.3. The number of aromatic nitrogens is 3. The molecule has 0 aromatic carbocycles. The third kappa shape index (κ3) is 2.73. The monoisotopic (exact) mass is 292 g/mol. The fourth-order valence-corrected chi connectivity index (χ4v) is 2.86. The zero-order valence-corrected chi connectivity index (χ0v) is 13.3. The largest absolute Gasteiger partial charge is 0.375 e. The molecule has 0 spiro atoms. The molecule has 108 valence electrons. The number of hydrogen-bond donors (Lipinski definition) is 2. The van der Waals surface area contributed by atoms with Gasteiger partial charge in [0, 0.05) is 12.8 Å². The van der Waals surface area contributed by atoms with Crippen LogP contribution in [0.2, 0.25) is 19.6 Å². The number of nitrogens with zero attached hydrogens (tertiary/aromatic N) is 2. The Hall–Kier alpha value is -1.73. The molecule has 0 aliphatic heterocycles. The van der Waals surface area contributed by atoms with E-state index < -0.39 is 14.0 Å². The Bertz CT molecular complexity index is 646. The van der Waals surface area contributed by atoms with Gasteiger partial charge in [-0.2, -0.15) is 0 Å². The molecule has 0 unspecified atom stereocenters. The van der Waals surface area contributed by atoms with Gasteiger partial charge in [-0.1, -0.05) is 19.6 Å². The van der Waals surface area contributed by atoms with Gasteiger partial charge in [-0.15, -0.1) is 0 Å². The minimum Gasteiger partial charge on any atom is -0.375 e. The highest BCUT2D eigenvalue weighted by Crippen LogP contribution is 2.20. The molecule has 2 heterocycles. The van der Waals surface area contributed by atoms with Crippen LogP contribution in [0.4, 0.5) is 0 Å². The fourth-order valence-electron chi connectivity index (χ4n) is 1.94. The summed E-state index contributed by atoms with van der Waals surface area (Å²) in [6.45, 7) is 9.39. The third-order valence-corrected chi connectivity index (χ3v) is 4.55. The van der Waals surface area contributed by atoms with E-state index in [4.69, 9.17) is 10.5 Å². The molecule has 20 heavy (non-hydrogen) atoms. The summed E-state index contributed by atoms with van der Waals surface area (Å²) in [5.74, 6) is -0.488. The van der Waals surface area contributed by atoms with Crippen molar-refractivity contribution < 1.29 is 9.53 Å². The number of carbonyl (C=O) groups excluding carboxylic acids is 1. The van der Waals surface area contributed by atoms with E-state index in [1.165, 1.54) is 0 Å². The van der Waals surface area contributed by atoms with Gasteiger partial charge in [-0.3, -0.25) is 4.79 Å². The van der Waals surface area contributed by atoms with Gasteiger partial charge in [0.05, 0.1) is 23.3 Å². The van der Waals surface area contributed by atoms with Gasteiger partial charge in [0.25, 0.3) is 5.91 Å². The highest BCUT2D eigenvalue weighted by Gasteiger charge is 2.24. The first-order chi connectivity index (χ1) is 9.34. The minimum atomic E-state index is -1.65. The van der Waals surface area contributed by atoms with E-state index in [0.29, 0.717) is 29.8 Å². The summed E-state index contributed by atoms with van der Waals surface area (Å²) < 4.78 is 5.46. The molecule has 0 bridgehead atoms. The fraction of sp³-hybridized carbons (Fsp3) is 0.462. The summed E-state index contributed by atoms with van der Waals surface area (Å²) in [6.07, 6.45) is 1.59.